The SMILES string of the molecule is CCC=CC(C[Si](C)(C)C)C12OCC(CCC)(CO1)C(C#N)O2. The molecule has 130 valence electrons. The first-order valence-electron chi connectivity index (χ1n) is 8.83. The second-order valence-corrected chi connectivity index (χ2v) is 13.7. The zero-order valence-corrected chi connectivity index (χ0v) is 16.2. The van der Waals surface area contributed by atoms with Gasteiger partial charge in [-0.25, -0.2) is 0 Å². The van der Waals surface area contributed by atoms with Gasteiger partial charge in [0, 0.05) is 8.07 Å². The summed E-state index contributed by atoms with van der Waals surface area (Å²) in [4.78, 5) is 0. The summed E-state index contributed by atoms with van der Waals surface area (Å²) < 4.78 is 18.4. The van der Waals surface area contributed by atoms with E-state index in [1.165, 1.54) is 0 Å². The van der Waals surface area contributed by atoms with Gasteiger partial charge in [0.15, 0.2) is 6.10 Å². The van der Waals surface area contributed by atoms with Gasteiger partial charge in [-0.15, -0.1) is 0 Å². The summed E-state index contributed by atoms with van der Waals surface area (Å²) in [5, 5.41) is 9.61. The zero-order valence-electron chi connectivity index (χ0n) is 15.2. The first-order valence-corrected chi connectivity index (χ1v) is 12.5. The molecule has 3 saturated heterocycles. The Hall–Kier alpha value is -0.673. The van der Waals surface area contributed by atoms with Crippen LogP contribution in [0.15, 0.2) is 12.2 Å². The Kier molecular flexibility index (Phi) is 5.73. The van der Waals surface area contributed by atoms with Crippen molar-refractivity contribution in [2.45, 2.75) is 70.9 Å². The van der Waals surface area contributed by atoms with Crippen molar-refractivity contribution < 1.29 is 14.2 Å². The van der Waals surface area contributed by atoms with Gasteiger partial charge in [-0.2, -0.15) is 5.26 Å². The minimum Gasteiger partial charge on any atom is -0.326 e. The van der Waals surface area contributed by atoms with E-state index in [4.69, 9.17) is 14.2 Å². The van der Waals surface area contributed by atoms with Gasteiger partial charge in [0.2, 0.25) is 0 Å². The lowest BCUT2D eigenvalue weighted by Gasteiger charge is -2.56. The van der Waals surface area contributed by atoms with Crippen LogP contribution in [0.2, 0.25) is 25.7 Å². The van der Waals surface area contributed by atoms with Gasteiger partial charge in [0.05, 0.1) is 30.6 Å². The Morgan fingerprint density at radius 1 is 1.26 bits per heavy atom. The number of ether oxygens (including phenoxy) is 3. The van der Waals surface area contributed by atoms with Crippen molar-refractivity contribution in [2.24, 2.45) is 11.3 Å². The van der Waals surface area contributed by atoms with E-state index in [2.05, 4.69) is 51.7 Å². The second kappa shape index (κ2) is 7.06. The molecule has 0 spiro atoms. The summed E-state index contributed by atoms with van der Waals surface area (Å²) in [6.07, 6.45) is 6.74. The fourth-order valence-electron chi connectivity index (χ4n) is 3.59. The van der Waals surface area contributed by atoms with E-state index in [0.717, 1.165) is 25.3 Å². The van der Waals surface area contributed by atoms with Gasteiger partial charge in [-0.3, -0.25) is 0 Å². The fraction of sp³-hybridized carbons (Fsp3) is 0.833. The van der Waals surface area contributed by atoms with Crippen molar-refractivity contribution in [1.82, 2.24) is 0 Å². The largest absolute Gasteiger partial charge is 0.326 e. The fourth-order valence-corrected chi connectivity index (χ4v) is 5.30. The average molecular weight is 338 g/mol. The van der Waals surface area contributed by atoms with E-state index in [0.29, 0.717) is 13.2 Å². The molecule has 3 aliphatic heterocycles. The van der Waals surface area contributed by atoms with Crippen molar-refractivity contribution in [3.8, 4) is 6.07 Å². The van der Waals surface area contributed by atoms with E-state index in [9.17, 15) is 5.26 Å². The standard InChI is InChI=1S/C18H31NO3Si/c1-6-8-9-15(12-23(3,4)5)18-20-13-17(10-7-2,14-21-18)16(11-19)22-18/h8-9,15-16H,6-7,10,12-14H2,1-5H3. The van der Waals surface area contributed by atoms with E-state index >= 15 is 0 Å². The number of nitriles is 1. The summed E-state index contributed by atoms with van der Waals surface area (Å²) in [7, 11) is -1.34. The van der Waals surface area contributed by atoms with Crippen LogP contribution in [-0.2, 0) is 14.2 Å². The maximum absolute atomic E-state index is 9.61. The van der Waals surface area contributed by atoms with Crippen molar-refractivity contribution in [3.05, 3.63) is 12.2 Å². The summed E-state index contributed by atoms with van der Waals surface area (Å²) in [6, 6.07) is 3.38. The number of hydrogen-bond donors (Lipinski definition) is 0. The maximum Gasteiger partial charge on any atom is 0.290 e. The average Bonchev–Trinajstić information content (AvgIpc) is 2.51. The Bertz CT molecular complexity index is 470. The van der Waals surface area contributed by atoms with Crippen molar-refractivity contribution in [3.63, 3.8) is 0 Å². The number of hydrogen-bond acceptors (Lipinski definition) is 4. The third-order valence-corrected chi connectivity index (χ3v) is 6.38. The second-order valence-electron chi connectivity index (χ2n) is 8.13. The lowest BCUT2D eigenvalue weighted by molar-refractivity contribution is -0.492. The highest BCUT2D eigenvalue weighted by Crippen LogP contribution is 2.50. The highest BCUT2D eigenvalue weighted by atomic mass is 28.3. The van der Waals surface area contributed by atoms with E-state index in [1.54, 1.807) is 0 Å². The molecule has 5 heteroatoms. The van der Waals surface area contributed by atoms with Gasteiger partial charge < -0.3 is 14.2 Å². The molecular formula is C18H31NO3Si. The van der Waals surface area contributed by atoms with Gasteiger partial charge in [-0.1, -0.05) is 52.1 Å². The number of fused-ring (bicyclic) bond motifs is 3. The van der Waals surface area contributed by atoms with Crippen molar-refractivity contribution in [2.75, 3.05) is 13.2 Å². The van der Waals surface area contributed by atoms with Gasteiger partial charge >= 0.3 is 0 Å². The monoisotopic (exact) mass is 337 g/mol. The molecule has 0 amide bonds. The molecule has 3 rings (SSSR count). The van der Waals surface area contributed by atoms with Crippen molar-refractivity contribution >= 4 is 8.07 Å². The summed E-state index contributed by atoms with van der Waals surface area (Å²) in [6.45, 7) is 12.4. The van der Waals surface area contributed by atoms with Crippen LogP contribution >= 0.6 is 0 Å². The lowest BCUT2D eigenvalue weighted by Crippen LogP contribution is -2.66. The number of nitrogens with zero attached hydrogens (tertiary/aromatic N) is 1. The van der Waals surface area contributed by atoms with Gasteiger partial charge in [0.1, 0.15) is 0 Å². The normalized spacial score (nSPS) is 35.4. The summed E-state index contributed by atoms with van der Waals surface area (Å²) >= 11 is 0. The molecular weight excluding hydrogens is 306 g/mol. The first kappa shape index (κ1) is 18.7. The molecule has 23 heavy (non-hydrogen) atoms. The lowest BCUT2D eigenvalue weighted by atomic mass is 9.77. The molecule has 0 aromatic rings. The Morgan fingerprint density at radius 3 is 2.39 bits per heavy atom. The molecule has 4 nitrogen and oxygen atoms in total. The molecule has 0 N–H and O–H groups in total. The maximum atomic E-state index is 9.61. The molecule has 2 unspecified atom stereocenters. The van der Waals surface area contributed by atoms with Crippen LogP contribution in [0.4, 0.5) is 0 Å². The van der Waals surface area contributed by atoms with Crippen LogP contribution in [0.5, 0.6) is 0 Å². The van der Waals surface area contributed by atoms with Crippen LogP contribution in [0, 0.1) is 22.7 Å². The van der Waals surface area contributed by atoms with Crippen molar-refractivity contribution in [1.29, 1.82) is 5.26 Å². The van der Waals surface area contributed by atoms with Crippen LogP contribution in [0.25, 0.3) is 0 Å². The zero-order chi connectivity index (χ0) is 17.1. The summed E-state index contributed by atoms with van der Waals surface area (Å²) in [5.74, 6) is -1.02. The quantitative estimate of drug-likeness (QED) is 0.513. The number of rotatable bonds is 7. The van der Waals surface area contributed by atoms with E-state index in [-0.39, 0.29) is 11.3 Å². The number of allylic oxidation sites excluding steroid dienone is 1. The highest BCUT2D eigenvalue weighted by Gasteiger charge is 2.60. The molecule has 0 saturated carbocycles. The molecule has 0 radical (unpaired) electrons. The Balaban J connectivity index is 2.27. The minimum atomic E-state index is -1.34. The third-order valence-electron chi connectivity index (χ3n) is 4.72. The highest BCUT2D eigenvalue weighted by molar-refractivity contribution is 6.76. The Morgan fingerprint density at radius 2 is 1.91 bits per heavy atom. The molecule has 2 bridgehead atoms. The Labute approximate surface area is 141 Å². The van der Waals surface area contributed by atoms with Crippen LogP contribution in [0.3, 0.4) is 0 Å². The molecule has 3 fully saturated rings. The molecule has 3 aliphatic rings. The predicted octanol–water partition coefficient (Wildman–Crippen LogP) is 4.32. The van der Waals surface area contributed by atoms with Crippen LogP contribution in [0.1, 0.15) is 33.1 Å². The molecule has 0 aromatic heterocycles. The predicted molar refractivity (Wildman–Crippen MR) is 93.5 cm³/mol. The third kappa shape index (κ3) is 3.88. The topological polar surface area (TPSA) is 51.5 Å². The first-order chi connectivity index (χ1) is 10.8. The molecule has 2 atom stereocenters. The van der Waals surface area contributed by atoms with Crippen LogP contribution in [-0.4, -0.2) is 33.4 Å². The van der Waals surface area contributed by atoms with E-state index < -0.39 is 20.2 Å². The smallest absolute Gasteiger partial charge is 0.290 e. The molecule has 3 heterocycles. The summed E-state index contributed by atoms with van der Waals surface area (Å²) in [5.41, 5.74) is -0.302. The minimum absolute atomic E-state index is 0.0462. The van der Waals surface area contributed by atoms with Gasteiger partial charge in [-0.05, 0) is 18.9 Å². The van der Waals surface area contributed by atoms with Crippen LogP contribution < -0.4 is 0 Å². The van der Waals surface area contributed by atoms with Gasteiger partial charge in [0.25, 0.3) is 5.97 Å². The molecule has 0 aliphatic carbocycles. The van der Waals surface area contributed by atoms with E-state index in [1.807, 2.05) is 0 Å². The molecule has 0 aromatic carbocycles.